The monoisotopic (exact) mass is 551 g/mol. The predicted molar refractivity (Wildman–Crippen MR) is 143 cm³/mol. The summed E-state index contributed by atoms with van der Waals surface area (Å²) in [5, 5.41) is 7.75. The lowest BCUT2D eigenvalue weighted by Gasteiger charge is -2.22. The molecule has 1 saturated carbocycles. The van der Waals surface area contributed by atoms with Gasteiger partial charge in [0.2, 0.25) is 0 Å². The molecule has 0 radical (unpaired) electrons. The Morgan fingerprint density at radius 2 is 1.90 bits per heavy atom. The number of pyridine rings is 2. The average molecular weight is 552 g/mol. The molecule has 6 rings (SSSR count). The molecule has 12 heteroatoms. The Labute approximate surface area is 225 Å². The molecular formula is C28H25F4N7O. The fourth-order valence-electron chi connectivity index (χ4n) is 5.13. The highest BCUT2D eigenvalue weighted by molar-refractivity contribution is 5.99. The zero-order valence-electron chi connectivity index (χ0n) is 21.9. The molecule has 1 aliphatic rings. The third-order valence-electron chi connectivity index (χ3n) is 7.57. The van der Waals surface area contributed by atoms with Gasteiger partial charge in [0.15, 0.2) is 0 Å². The normalized spacial score (nSPS) is 15.2. The molecule has 8 nitrogen and oxygen atoms in total. The van der Waals surface area contributed by atoms with Crippen molar-refractivity contribution in [1.82, 2.24) is 29.3 Å². The number of hydrogen-bond acceptors (Lipinski definition) is 6. The molecule has 1 atom stereocenters. The first-order valence-electron chi connectivity index (χ1n) is 12.7. The van der Waals surface area contributed by atoms with Crippen LogP contribution in [0.4, 0.5) is 23.4 Å². The number of alkyl halides is 3. The molecule has 4 heterocycles. The van der Waals surface area contributed by atoms with Gasteiger partial charge in [-0.15, -0.1) is 0 Å². The summed E-state index contributed by atoms with van der Waals surface area (Å²) in [6, 6.07) is 4.85. The van der Waals surface area contributed by atoms with E-state index >= 15 is 0 Å². The van der Waals surface area contributed by atoms with Crippen LogP contribution in [0.15, 0.2) is 47.7 Å². The van der Waals surface area contributed by atoms with Crippen LogP contribution in [-0.4, -0.2) is 36.0 Å². The third-order valence-corrected chi connectivity index (χ3v) is 7.57. The molecule has 0 aliphatic heterocycles. The Hall–Kier alpha value is -4.35. The van der Waals surface area contributed by atoms with E-state index in [1.54, 1.807) is 44.0 Å². The summed E-state index contributed by atoms with van der Waals surface area (Å²) in [5.41, 5.74) is 0.287. The van der Waals surface area contributed by atoms with E-state index in [0.717, 1.165) is 6.07 Å². The molecular weight excluding hydrogens is 526 g/mol. The minimum absolute atomic E-state index is 0.0315. The number of benzene rings is 1. The lowest BCUT2D eigenvalue weighted by atomic mass is 10.0. The maximum Gasteiger partial charge on any atom is 0.266 e. The summed E-state index contributed by atoms with van der Waals surface area (Å²) in [5.74, 6) is -0.422. The molecule has 1 aliphatic carbocycles. The van der Waals surface area contributed by atoms with E-state index in [1.165, 1.54) is 22.9 Å². The molecule has 1 N–H and O–H groups in total. The van der Waals surface area contributed by atoms with Gasteiger partial charge in [-0.05, 0) is 32.8 Å². The largest absolute Gasteiger partial charge is 0.363 e. The van der Waals surface area contributed by atoms with Gasteiger partial charge >= 0.3 is 0 Å². The van der Waals surface area contributed by atoms with Crippen molar-refractivity contribution in [2.24, 2.45) is 7.05 Å². The molecule has 0 spiro atoms. The van der Waals surface area contributed by atoms with Crippen molar-refractivity contribution in [3.8, 4) is 11.1 Å². The van der Waals surface area contributed by atoms with Crippen LogP contribution in [0, 0.1) is 12.7 Å². The van der Waals surface area contributed by atoms with Crippen molar-refractivity contribution >= 4 is 27.8 Å². The van der Waals surface area contributed by atoms with Crippen molar-refractivity contribution in [3.63, 3.8) is 0 Å². The number of aryl methyl sites for hydroxylation is 2. The quantitative estimate of drug-likeness (QED) is 0.259. The van der Waals surface area contributed by atoms with E-state index in [2.05, 4.69) is 25.4 Å². The van der Waals surface area contributed by atoms with E-state index < -0.39 is 41.6 Å². The number of nitrogens with zero attached hydrogens (tertiary/aromatic N) is 6. The van der Waals surface area contributed by atoms with Crippen molar-refractivity contribution in [1.29, 1.82) is 0 Å². The van der Waals surface area contributed by atoms with Gasteiger partial charge in [-0.25, -0.2) is 27.5 Å². The Bertz CT molecular complexity index is 1840. The third kappa shape index (κ3) is 4.09. The van der Waals surface area contributed by atoms with Gasteiger partial charge in [-0.3, -0.25) is 14.5 Å². The summed E-state index contributed by atoms with van der Waals surface area (Å²) in [7, 11) is 1.76. The van der Waals surface area contributed by atoms with Gasteiger partial charge in [0.1, 0.15) is 29.7 Å². The summed E-state index contributed by atoms with van der Waals surface area (Å²) < 4.78 is 58.9. The van der Waals surface area contributed by atoms with Crippen LogP contribution in [0.3, 0.4) is 0 Å². The summed E-state index contributed by atoms with van der Waals surface area (Å²) >= 11 is 0. The summed E-state index contributed by atoms with van der Waals surface area (Å²) in [4.78, 5) is 27.5. The number of anilines is 1. The molecule has 0 bridgehead atoms. The van der Waals surface area contributed by atoms with Crippen LogP contribution >= 0.6 is 0 Å². The minimum atomic E-state index is -2.97. The van der Waals surface area contributed by atoms with Crippen molar-refractivity contribution in [3.05, 3.63) is 76.0 Å². The lowest BCUT2D eigenvalue weighted by Crippen LogP contribution is -2.33. The fourth-order valence-corrected chi connectivity index (χ4v) is 5.13. The van der Waals surface area contributed by atoms with Crippen LogP contribution in [0.2, 0.25) is 0 Å². The lowest BCUT2D eigenvalue weighted by molar-refractivity contribution is 0.146. The molecule has 0 amide bonds. The van der Waals surface area contributed by atoms with Gasteiger partial charge < -0.3 is 9.88 Å². The average Bonchev–Trinajstić information content (AvgIpc) is 3.64. The van der Waals surface area contributed by atoms with Crippen molar-refractivity contribution in [2.45, 2.75) is 44.7 Å². The molecule has 1 aromatic carbocycles. The second-order valence-electron chi connectivity index (χ2n) is 10.2. The first-order chi connectivity index (χ1) is 19.1. The maximum atomic E-state index is 15.0. The van der Waals surface area contributed by atoms with Crippen molar-refractivity contribution in [2.75, 3.05) is 12.0 Å². The van der Waals surface area contributed by atoms with Crippen LogP contribution in [0.5, 0.6) is 0 Å². The van der Waals surface area contributed by atoms with E-state index in [9.17, 15) is 22.4 Å². The molecule has 4 aromatic heterocycles. The number of hydrogen-bond donors (Lipinski definition) is 1. The summed E-state index contributed by atoms with van der Waals surface area (Å²) in [6.45, 7) is 2.54. The number of fused-ring (bicyclic) bond motifs is 2. The standard InChI is InChI=1S/C28H25F4N7O/c1-14(17-5-4-6-18(23(17)30)25(31)32)35-26-19-12-39(28(13-29)7-8-28)27(40)22(24(19)36-15(2)37-26)16-9-21-20(33-10-16)11-34-38(21)3/h4-6,9-12,14,25H,7-8,13H2,1-3H3,(H,35,36,37)/t14-/m1/s1. The summed E-state index contributed by atoms with van der Waals surface area (Å²) in [6.07, 6.45) is 2.71. The van der Waals surface area contributed by atoms with E-state index in [4.69, 9.17) is 0 Å². The van der Waals surface area contributed by atoms with Gasteiger partial charge in [-0.1, -0.05) is 18.2 Å². The predicted octanol–water partition coefficient (Wildman–Crippen LogP) is 5.76. The van der Waals surface area contributed by atoms with Crippen LogP contribution in [-0.2, 0) is 12.6 Å². The molecule has 1 fully saturated rings. The van der Waals surface area contributed by atoms with Gasteiger partial charge in [-0.2, -0.15) is 5.10 Å². The molecule has 206 valence electrons. The zero-order valence-corrected chi connectivity index (χ0v) is 21.9. The van der Waals surface area contributed by atoms with Crippen molar-refractivity contribution < 1.29 is 17.6 Å². The first kappa shape index (κ1) is 25.9. The highest BCUT2D eigenvalue weighted by Gasteiger charge is 2.46. The van der Waals surface area contributed by atoms with Crippen LogP contribution < -0.4 is 10.9 Å². The Morgan fingerprint density at radius 1 is 1.15 bits per heavy atom. The number of nitrogens with one attached hydrogen (secondary N) is 1. The van der Waals surface area contributed by atoms with Gasteiger partial charge in [0, 0.05) is 30.6 Å². The Morgan fingerprint density at radius 3 is 2.60 bits per heavy atom. The van der Waals surface area contributed by atoms with E-state index in [0.29, 0.717) is 46.2 Å². The van der Waals surface area contributed by atoms with Crippen LogP contribution in [0.25, 0.3) is 33.1 Å². The Kier molecular flexibility index (Phi) is 6.08. The zero-order chi connectivity index (χ0) is 28.3. The second kappa shape index (κ2) is 9.39. The topological polar surface area (TPSA) is 90.5 Å². The number of rotatable bonds is 7. The number of halogens is 4. The molecule has 0 unspecified atom stereocenters. The smallest absolute Gasteiger partial charge is 0.266 e. The first-order valence-corrected chi connectivity index (χ1v) is 12.7. The van der Waals surface area contributed by atoms with Crippen LogP contribution in [0.1, 0.15) is 49.2 Å². The van der Waals surface area contributed by atoms with Gasteiger partial charge in [0.05, 0.1) is 45.3 Å². The highest BCUT2D eigenvalue weighted by Crippen LogP contribution is 2.44. The molecule has 40 heavy (non-hydrogen) atoms. The second-order valence-corrected chi connectivity index (χ2v) is 10.2. The maximum absolute atomic E-state index is 15.0. The minimum Gasteiger partial charge on any atom is -0.363 e. The van der Waals surface area contributed by atoms with E-state index in [1.807, 2.05) is 0 Å². The van der Waals surface area contributed by atoms with Gasteiger partial charge in [0.25, 0.3) is 12.0 Å². The molecule has 5 aromatic rings. The number of aromatic nitrogens is 6. The fraction of sp³-hybridized carbons (Fsp3) is 0.321. The SMILES string of the molecule is Cc1nc(N[C@H](C)c2cccc(C(F)F)c2F)c2cn(C3(CF)CC3)c(=O)c(-c3cnc4cnn(C)c4c3)c2n1. The molecule has 0 saturated heterocycles. The Balaban J connectivity index is 1.58. The highest BCUT2D eigenvalue weighted by atomic mass is 19.3. The van der Waals surface area contributed by atoms with E-state index in [-0.39, 0.29) is 16.9 Å².